The van der Waals surface area contributed by atoms with Crippen LogP contribution in [0.1, 0.15) is 27.7 Å². The normalized spacial score (nSPS) is 11.6. The third kappa shape index (κ3) is 6.46. The highest BCUT2D eigenvalue weighted by Crippen LogP contribution is 2.19. The number of rotatable bonds is 8. The molecule has 0 aliphatic rings. The number of benzene rings is 2. The van der Waals surface area contributed by atoms with Crippen molar-refractivity contribution in [3.05, 3.63) is 72.1 Å². The van der Waals surface area contributed by atoms with Gasteiger partial charge in [0.2, 0.25) is 0 Å². The zero-order chi connectivity index (χ0) is 20.5. The van der Waals surface area contributed by atoms with E-state index in [1.165, 1.54) is 0 Å². The number of para-hydroxylation sites is 2. The second kappa shape index (κ2) is 10.2. The summed E-state index contributed by atoms with van der Waals surface area (Å²) in [5, 5.41) is 6.00. The minimum absolute atomic E-state index is 0.0191. The minimum Gasteiger partial charge on any atom is -0.458 e. The van der Waals surface area contributed by atoms with Crippen LogP contribution in [0.3, 0.4) is 0 Å². The Bertz CT molecular complexity index is 745. The van der Waals surface area contributed by atoms with Crippen molar-refractivity contribution in [3.63, 3.8) is 0 Å². The molecule has 6 nitrogen and oxygen atoms in total. The molecule has 28 heavy (non-hydrogen) atoms. The summed E-state index contributed by atoms with van der Waals surface area (Å²) in [5.41, 5.74) is 1.25. The van der Waals surface area contributed by atoms with E-state index in [9.17, 15) is 9.59 Å². The smallest absolute Gasteiger partial charge is 0.357 e. The molecule has 2 N–H and O–H groups in total. The second-order valence-electron chi connectivity index (χ2n) is 6.64. The molecule has 0 aromatic heterocycles. The summed E-state index contributed by atoms with van der Waals surface area (Å²) in [5.74, 6) is -1.31. The molecule has 0 spiro atoms. The van der Waals surface area contributed by atoms with E-state index in [0.717, 1.165) is 0 Å². The van der Waals surface area contributed by atoms with Gasteiger partial charge in [-0.3, -0.25) is 0 Å². The number of hydrogen-bond acceptors (Lipinski definition) is 6. The van der Waals surface area contributed by atoms with Crippen LogP contribution < -0.4 is 10.6 Å². The lowest BCUT2D eigenvalue weighted by atomic mass is 10.2. The molecular formula is C22H26N2O4. The summed E-state index contributed by atoms with van der Waals surface area (Å²) in [4.78, 5) is 25.6. The monoisotopic (exact) mass is 382 g/mol. The number of nitrogens with one attached hydrogen (secondary N) is 2. The van der Waals surface area contributed by atoms with Crippen LogP contribution in [-0.2, 0) is 19.1 Å². The minimum atomic E-state index is -0.655. The number of anilines is 2. The zero-order valence-electron chi connectivity index (χ0n) is 16.6. The third-order valence-electron chi connectivity index (χ3n) is 3.43. The van der Waals surface area contributed by atoms with E-state index in [-0.39, 0.29) is 23.6 Å². The van der Waals surface area contributed by atoms with Gasteiger partial charge in [0, 0.05) is 11.4 Å². The highest BCUT2D eigenvalue weighted by atomic mass is 16.5. The van der Waals surface area contributed by atoms with Crippen LogP contribution in [0.15, 0.2) is 72.1 Å². The van der Waals surface area contributed by atoms with Crippen molar-refractivity contribution in [1.82, 2.24) is 0 Å². The molecule has 0 saturated carbocycles. The average molecular weight is 382 g/mol. The fourth-order valence-electron chi connectivity index (χ4n) is 2.31. The largest absolute Gasteiger partial charge is 0.458 e. The molecule has 0 aliphatic carbocycles. The van der Waals surface area contributed by atoms with Gasteiger partial charge < -0.3 is 20.1 Å². The van der Waals surface area contributed by atoms with Gasteiger partial charge in [0.1, 0.15) is 0 Å². The molecule has 0 heterocycles. The SMILES string of the molecule is CC(C)OC(=O)/C(Nc1ccccc1)=C(/Nc1ccccc1)C(=O)OC(C)C. The Morgan fingerprint density at radius 3 is 1.25 bits per heavy atom. The first kappa shape index (κ1) is 21.0. The molecule has 0 saturated heterocycles. The predicted molar refractivity (Wildman–Crippen MR) is 110 cm³/mol. The number of esters is 2. The summed E-state index contributed by atoms with van der Waals surface area (Å²) in [6, 6.07) is 18.2. The summed E-state index contributed by atoms with van der Waals surface area (Å²) in [7, 11) is 0. The van der Waals surface area contributed by atoms with Gasteiger partial charge in [-0.1, -0.05) is 36.4 Å². The predicted octanol–water partition coefficient (Wildman–Crippen LogP) is 4.33. The Morgan fingerprint density at radius 1 is 0.643 bits per heavy atom. The summed E-state index contributed by atoms with van der Waals surface area (Å²) >= 11 is 0. The molecule has 0 atom stereocenters. The number of ether oxygens (including phenoxy) is 2. The van der Waals surface area contributed by atoms with Crippen molar-refractivity contribution in [1.29, 1.82) is 0 Å². The second-order valence-corrected chi connectivity index (χ2v) is 6.64. The van der Waals surface area contributed by atoms with E-state index in [2.05, 4.69) is 10.6 Å². The van der Waals surface area contributed by atoms with E-state index >= 15 is 0 Å². The molecule has 6 heteroatoms. The zero-order valence-corrected chi connectivity index (χ0v) is 16.6. The Hall–Kier alpha value is -3.28. The maximum absolute atomic E-state index is 12.8. The molecule has 148 valence electrons. The van der Waals surface area contributed by atoms with Crippen molar-refractivity contribution < 1.29 is 19.1 Å². The van der Waals surface area contributed by atoms with Crippen molar-refractivity contribution >= 4 is 23.3 Å². The van der Waals surface area contributed by atoms with Crippen molar-refractivity contribution in [2.24, 2.45) is 0 Å². The Labute approximate surface area is 165 Å². The fourth-order valence-corrected chi connectivity index (χ4v) is 2.31. The van der Waals surface area contributed by atoms with Gasteiger partial charge in [0.05, 0.1) is 12.2 Å². The first-order valence-electron chi connectivity index (χ1n) is 9.17. The topological polar surface area (TPSA) is 76.7 Å². The molecule has 0 bridgehead atoms. The van der Waals surface area contributed by atoms with Crippen LogP contribution in [-0.4, -0.2) is 24.1 Å². The highest BCUT2D eigenvalue weighted by Gasteiger charge is 2.26. The first-order valence-corrected chi connectivity index (χ1v) is 9.17. The van der Waals surface area contributed by atoms with Crippen molar-refractivity contribution in [2.75, 3.05) is 10.6 Å². The van der Waals surface area contributed by atoms with Gasteiger partial charge in [-0.2, -0.15) is 0 Å². The van der Waals surface area contributed by atoms with Gasteiger partial charge in [0.15, 0.2) is 11.4 Å². The van der Waals surface area contributed by atoms with E-state index in [1.807, 2.05) is 36.4 Å². The first-order chi connectivity index (χ1) is 13.4. The van der Waals surface area contributed by atoms with E-state index < -0.39 is 11.9 Å². The van der Waals surface area contributed by atoms with Gasteiger partial charge >= 0.3 is 11.9 Å². The highest BCUT2D eigenvalue weighted by molar-refractivity contribution is 6.04. The van der Waals surface area contributed by atoms with Gasteiger partial charge in [-0.25, -0.2) is 9.59 Å². The number of carbonyl (C=O) groups excluding carboxylic acids is 2. The van der Waals surface area contributed by atoms with Crippen LogP contribution in [0.25, 0.3) is 0 Å². The lowest BCUT2D eigenvalue weighted by Crippen LogP contribution is -2.28. The van der Waals surface area contributed by atoms with Crippen molar-refractivity contribution in [2.45, 2.75) is 39.9 Å². The maximum Gasteiger partial charge on any atom is 0.357 e. The molecule has 2 aromatic carbocycles. The van der Waals surface area contributed by atoms with Crippen LogP contribution >= 0.6 is 0 Å². The summed E-state index contributed by atoms with van der Waals surface area (Å²) < 4.78 is 10.7. The molecule has 0 fully saturated rings. The summed E-state index contributed by atoms with van der Waals surface area (Å²) in [6.45, 7) is 6.98. The Balaban J connectivity index is 2.52. The third-order valence-corrected chi connectivity index (χ3v) is 3.43. The van der Waals surface area contributed by atoms with E-state index in [4.69, 9.17) is 9.47 Å². The van der Waals surface area contributed by atoms with Gasteiger partial charge in [0.25, 0.3) is 0 Å². The Morgan fingerprint density at radius 2 is 0.964 bits per heavy atom. The average Bonchev–Trinajstić information content (AvgIpc) is 2.65. The summed E-state index contributed by atoms with van der Waals surface area (Å²) in [6.07, 6.45) is -0.696. The van der Waals surface area contributed by atoms with Crippen LogP contribution in [0.4, 0.5) is 11.4 Å². The van der Waals surface area contributed by atoms with Gasteiger partial charge in [-0.15, -0.1) is 0 Å². The van der Waals surface area contributed by atoms with E-state index in [0.29, 0.717) is 11.4 Å². The molecule has 0 unspecified atom stereocenters. The molecule has 0 radical (unpaired) electrons. The van der Waals surface area contributed by atoms with Crippen LogP contribution in [0, 0.1) is 0 Å². The van der Waals surface area contributed by atoms with Crippen LogP contribution in [0.5, 0.6) is 0 Å². The standard InChI is InChI=1S/C22H26N2O4/c1-15(2)27-21(25)19(23-17-11-7-5-8-12-17)20(22(26)28-16(3)4)24-18-13-9-6-10-14-18/h5-16,23-24H,1-4H3/b20-19-. The molecular weight excluding hydrogens is 356 g/mol. The lowest BCUT2D eigenvalue weighted by Gasteiger charge is -2.19. The number of carbonyl (C=O) groups is 2. The van der Waals surface area contributed by atoms with Gasteiger partial charge in [-0.05, 0) is 52.0 Å². The quantitative estimate of drug-likeness (QED) is 0.523. The number of hydrogen-bond donors (Lipinski definition) is 2. The molecule has 0 aliphatic heterocycles. The fraction of sp³-hybridized carbons (Fsp3) is 0.273. The molecule has 2 aromatic rings. The Kier molecular flexibility index (Phi) is 7.63. The molecule has 2 rings (SSSR count). The lowest BCUT2D eigenvalue weighted by molar-refractivity contribution is -0.145. The van der Waals surface area contributed by atoms with Crippen LogP contribution in [0.2, 0.25) is 0 Å². The van der Waals surface area contributed by atoms with Crippen molar-refractivity contribution in [3.8, 4) is 0 Å². The molecule has 0 amide bonds. The van der Waals surface area contributed by atoms with E-state index in [1.54, 1.807) is 52.0 Å². The maximum atomic E-state index is 12.8.